The first-order valence-electron chi connectivity index (χ1n) is 12.0. The molecule has 0 bridgehead atoms. The maximum absolute atomic E-state index is 14.6. The first kappa shape index (κ1) is 25.6. The fourth-order valence-corrected chi connectivity index (χ4v) is 5.28. The van der Waals surface area contributed by atoms with Crippen molar-refractivity contribution in [3.63, 3.8) is 0 Å². The number of rotatable bonds is 7. The van der Waals surface area contributed by atoms with Gasteiger partial charge in [-0.05, 0) is 42.7 Å². The van der Waals surface area contributed by atoms with Gasteiger partial charge in [0.1, 0.15) is 5.41 Å². The Balaban J connectivity index is 2.16. The second kappa shape index (κ2) is 9.54. The van der Waals surface area contributed by atoms with E-state index in [0.29, 0.717) is 22.6 Å². The molecular formula is C29H30N4O4. The number of para-hydroxylation sites is 3. The Labute approximate surface area is 215 Å². The Bertz CT molecular complexity index is 1360. The van der Waals surface area contributed by atoms with Crippen molar-refractivity contribution in [1.82, 2.24) is 0 Å². The van der Waals surface area contributed by atoms with Gasteiger partial charge in [-0.1, -0.05) is 74.5 Å². The summed E-state index contributed by atoms with van der Waals surface area (Å²) in [6, 6.07) is 24.4. The Morgan fingerprint density at radius 1 is 0.811 bits per heavy atom. The van der Waals surface area contributed by atoms with Gasteiger partial charge >= 0.3 is 0 Å². The van der Waals surface area contributed by atoms with E-state index in [1.54, 1.807) is 92.7 Å². The van der Waals surface area contributed by atoms with Crippen molar-refractivity contribution in [3.8, 4) is 0 Å². The van der Waals surface area contributed by atoms with Gasteiger partial charge in [0.15, 0.2) is 5.54 Å². The first-order valence-corrected chi connectivity index (χ1v) is 12.0. The highest BCUT2D eigenvalue weighted by Crippen LogP contribution is 2.50. The SMILES string of the molecule is CC(C)C(C(N)=O)(c1ccccc1)N1C(=O)C(C)(CC(N)=O)C(=O)N(c2ccccc2)c2ccccc21. The number of carbonyl (C=O) groups excluding carboxylic acids is 4. The molecule has 0 radical (unpaired) electrons. The number of primary amides is 2. The van der Waals surface area contributed by atoms with Crippen molar-refractivity contribution in [2.24, 2.45) is 22.8 Å². The van der Waals surface area contributed by atoms with Gasteiger partial charge in [0.2, 0.25) is 23.6 Å². The van der Waals surface area contributed by atoms with Crippen LogP contribution in [0.25, 0.3) is 0 Å². The van der Waals surface area contributed by atoms with E-state index in [9.17, 15) is 19.2 Å². The largest absolute Gasteiger partial charge is 0.370 e. The molecule has 1 heterocycles. The third-order valence-corrected chi connectivity index (χ3v) is 7.03. The van der Waals surface area contributed by atoms with Crippen LogP contribution in [-0.2, 0) is 24.7 Å². The molecule has 37 heavy (non-hydrogen) atoms. The monoisotopic (exact) mass is 498 g/mol. The molecule has 2 unspecified atom stereocenters. The molecule has 1 aliphatic heterocycles. The molecule has 1 aliphatic rings. The summed E-state index contributed by atoms with van der Waals surface area (Å²) in [5, 5.41) is 0. The molecule has 3 aromatic carbocycles. The summed E-state index contributed by atoms with van der Waals surface area (Å²) in [5.41, 5.74) is 9.81. The van der Waals surface area contributed by atoms with Gasteiger partial charge in [0, 0.05) is 12.1 Å². The van der Waals surface area contributed by atoms with Crippen LogP contribution in [0.3, 0.4) is 0 Å². The Morgan fingerprint density at radius 2 is 1.32 bits per heavy atom. The maximum Gasteiger partial charge on any atom is 0.248 e. The lowest BCUT2D eigenvalue weighted by molar-refractivity contribution is -0.144. The highest BCUT2D eigenvalue weighted by molar-refractivity contribution is 6.25. The molecule has 0 saturated carbocycles. The van der Waals surface area contributed by atoms with Gasteiger partial charge in [-0.3, -0.25) is 29.0 Å². The molecule has 4 N–H and O–H groups in total. The highest BCUT2D eigenvalue weighted by Gasteiger charge is 2.59. The minimum Gasteiger partial charge on any atom is -0.370 e. The number of fused-ring (bicyclic) bond motifs is 1. The maximum atomic E-state index is 14.6. The molecule has 0 spiro atoms. The molecule has 190 valence electrons. The number of hydrogen-bond donors (Lipinski definition) is 2. The lowest BCUT2D eigenvalue weighted by atomic mass is 9.74. The van der Waals surface area contributed by atoms with Gasteiger partial charge < -0.3 is 11.5 Å². The van der Waals surface area contributed by atoms with Crippen molar-refractivity contribution in [2.45, 2.75) is 32.7 Å². The molecule has 4 rings (SSSR count). The molecule has 3 aromatic rings. The number of nitrogens with two attached hydrogens (primary N) is 2. The van der Waals surface area contributed by atoms with Crippen LogP contribution in [0, 0.1) is 11.3 Å². The van der Waals surface area contributed by atoms with E-state index in [-0.39, 0.29) is 0 Å². The topological polar surface area (TPSA) is 127 Å². The van der Waals surface area contributed by atoms with Gasteiger partial charge in [-0.15, -0.1) is 0 Å². The zero-order valence-electron chi connectivity index (χ0n) is 21.0. The number of carbonyl (C=O) groups is 4. The third-order valence-electron chi connectivity index (χ3n) is 7.03. The second-order valence-electron chi connectivity index (χ2n) is 9.73. The lowest BCUT2D eigenvalue weighted by Gasteiger charge is -2.46. The number of benzene rings is 3. The second-order valence-corrected chi connectivity index (χ2v) is 9.73. The summed E-state index contributed by atoms with van der Waals surface area (Å²) in [5.74, 6) is -3.47. The summed E-state index contributed by atoms with van der Waals surface area (Å²) in [7, 11) is 0. The van der Waals surface area contributed by atoms with Crippen molar-refractivity contribution in [1.29, 1.82) is 0 Å². The number of anilines is 3. The molecule has 8 heteroatoms. The molecule has 8 nitrogen and oxygen atoms in total. The van der Waals surface area contributed by atoms with Crippen LogP contribution < -0.4 is 21.3 Å². The predicted molar refractivity (Wildman–Crippen MR) is 142 cm³/mol. The van der Waals surface area contributed by atoms with E-state index < -0.39 is 46.9 Å². The summed E-state index contributed by atoms with van der Waals surface area (Å²) < 4.78 is 0. The summed E-state index contributed by atoms with van der Waals surface area (Å²) in [6.45, 7) is 4.98. The normalized spacial score (nSPS) is 19.2. The van der Waals surface area contributed by atoms with E-state index >= 15 is 0 Å². The summed E-state index contributed by atoms with van der Waals surface area (Å²) >= 11 is 0. The lowest BCUT2D eigenvalue weighted by Crippen LogP contribution is -2.64. The number of hydrogen-bond acceptors (Lipinski definition) is 4. The molecule has 2 atom stereocenters. The minimum atomic E-state index is -1.93. The van der Waals surface area contributed by atoms with Crippen molar-refractivity contribution in [2.75, 3.05) is 9.80 Å². The minimum absolute atomic E-state index is 0.314. The Hall–Kier alpha value is -4.46. The molecule has 0 aliphatic carbocycles. The van der Waals surface area contributed by atoms with Crippen molar-refractivity contribution < 1.29 is 19.2 Å². The Kier molecular flexibility index (Phi) is 6.61. The van der Waals surface area contributed by atoms with E-state index in [1.165, 1.54) is 16.7 Å². The highest BCUT2D eigenvalue weighted by atomic mass is 16.2. The molecule has 0 saturated heterocycles. The van der Waals surface area contributed by atoms with Crippen LogP contribution in [0.1, 0.15) is 32.8 Å². The molecule has 0 fully saturated rings. The Morgan fingerprint density at radius 3 is 1.84 bits per heavy atom. The van der Waals surface area contributed by atoms with Crippen LogP contribution >= 0.6 is 0 Å². The average Bonchev–Trinajstić information content (AvgIpc) is 2.93. The predicted octanol–water partition coefficient (Wildman–Crippen LogP) is 3.62. The standard InChI is InChI=1S/C29H30N4O4/c1-19(2)29(25(31)35,20-12-6-4-7-13-20)33-23-17-11-10-16-22(23)32(21-14-8-5-9-15-21)26(36)28(3,27(33)37)18-24(30)34/h4-17,19H,18H2,1-3H3,(H2,30,34)(H2,31,35). The van der Waals surface area contributed by atoms with Crippen LogP contribution in [0.2, 0.25) is 0 Å². The quantitative estimate of drug-likeness (QED) is 0.482. The van der Waals surface area contributed by atoms with Crippen LogP contribution in [0.4, 0.5) is 17.1 Å². The number of amides is 4. The third kappa shape index (κ3) is 3.94. The summed E-state index contributed by atoms with van der Waals surface area (Å²) in [4.78, 5) is 57.5. The smallest absolute Gasteiger partial charge is 0.248 e. The zero-order valence-corrected chi connectivity index (χ0v) is 21.0. The molecule has 4 amide bonds. The average molecular weight is 499 g/mol. The van der Waals surface area contributed by atoms with Crippen LogP contribution in [-0.4, -0.2) is 23.6 Å². The van der Waals surface area contributed by atoms with Gasteiger partial charge in [0.25, 0.3) is 0 Å². The summed E-state index contributed by atoms with van der Waals surface area (Å²) in [6.07, 6.45) is -0.555. The van der Waals surface area contributed by atoms with Crippen molar-refractivity contribution >= 4 is 40.7 Å². The van der Waals surface area contributed by atoms with E-state index in [0.717, 1.165) is 0 Å². The van der Waals surface area contributed by atoms with E-state index in [4.69, 9.17) is 11.5 Å². The van der Waals surface area contributed by atoms with Crippen LogP contribution in [0.5, 0.6) is 0 Å². The van der Waals surface area contributed by atoms with E-state index in [1.807, 2.05) is 6.07 Å². The van der Waals surface area contributed by atoms with Gasteiger partial charge in [-0.25, -0.2) is 0 Å². The number of nitrogens with zero attached hydrogens (tertiary/aromatic N) is 2. The van der Waals surface area contributed by atoms with Gasteiger partial charge in [0.05, 0.1) is 11.4 Å². The van der Waals surface area contributed by atoms with Crippen molar-refractivity contribution in [3.05, 3.63) is 90.5 Å². The first-order chi connectivity index (χ1) is 17.6. The van der Waals surface area contributed by atoms with Gasteiger partial charge in [-0.2, -0.15) is 0 Å². The zero-order chi connectivity index (χ0) is 27.0. The fraction of sp³-hybridized carbons (Fsp3) is 0.241. The molecule has 0 aromatic heterocycles. The fourth-order valence-electron chi connectivity index (χ4n) is 5.28. The van der Waals surface area contributed by atoms with Crippen LogP contribution in [0.15, 0.2) is 84.9 Å². The van der Waals surface area contributed by atoms with E-state index in [2.05, 4.69) is 0 Å². The molecular weight excluding hydrogens is 468 g/mol.